The van der Waals surface area contributed by atoms with Crippen molar-refractivity contribution < 1.29 is 0 Å². The second-order valence-corrected chi connectivity index (χ2v) is 3.06. The topological polar surface area (TPSA) is 49.8 Å². The normalized spacial score (nSPS) is 12.5. The first kappa shape index (κ1) is 8.25. The summed E-state index contributed by atoms with van der Waals surface area (Å²) in [6.07, 6.45) is 0.953. The second-order valence-electron chi connectivity index (χ2n) is 2.31. The summed E-state index contributed by atoms with van der Waals surface area (Å²) in [4.78, 5) is 0. The van der Waals surface area contributed by atoms with E-state index in [1.807, 2.05) is 16.8 Å². The average Bonchev–Trinajstić information content (AvgIpc) is 2.50. The third-order valence-electron chi connectivity index (χ3n) is 1.63. The minimum Gasteiger partial charge on any atom is -0.312 e. The van der Waals surface area contributed by atoms with E-state index >= 15 is 0 Å². The van der Waals surface area contributed by atoms with Crippen LogP contribution in [0.2, 0.25) is 0 Å². The van der Waals surface area contributed by atoms with Crippen molar-refractivity contribution in [3.8, 4) is 6.07 Å². The number of aryl methyl sites for hydroxylation is 1. The molecule has 0 fully saturated rings. The zero-order chi connectivity index (χ0) is 8.27. The molecule has 2 N–H and O–H groups in total. The minimum atomic E-state index is -0.448. The highest BCUT2D eigenvalue weighted by Crippen LogP contribution is 2.20. The first-order chi connectivity index (χ1) is 5.29. The van der Waals surface area contributed by atoms with E-state index in [4.69, 9.17) is 11.0 Å². The van der Waals surface area contributed by atoms with E-state index in [0.29, 0.717) is 0 Å². The summed E-state index contributed by atoms with van der Waals surface area (Å²) in [6, 6.07) is 1.58. The van der Waals surface area contributed by atoms with Gasteiger partial charge in [0, 0.05) is 0 Å². The van der Waals surface area contributed by atoms with E-state index in [9.17, 15) is 0 Å². The molecular weight excluding hydrogens is 156 g/mol. The van der Waals surface area contributed by atoms with E-state index in [2.05, 4.69) is 6.92 Å². The summed E-state index contributed by atoms with van der Waals surface area (Å²) < 4.78 is 0. The zero-order valence-corrected chi connectivity index (χ0v) is 7.19. The lowest BCUT2D eigenvalue weighted by Gasteiger charge is -2.01. The van der Waals surface area contributed by atoms with Crippen LogP contribution in [-0.4, -0.2) is 0 Å². The van der Waals surface area contributed by atoms with Crippen molar-refractivity contribution in [3.05, 3.63) is 21.9 Å². The molecule has 0 aromatic carbocycles. The maximum absolute atomic E-state index is 8.56. The molecule has 0 saturated heterocycles. The van der Waals surface area contributed by atoms with Crippen LogP contribution in [0.4, 0.5) is 0 Å². The molecule has 0 spiro atoms. The fourth-order valence-corrected chi connectivity index (χ4v) is 1.94. The molecule has 58 valence electrons. The number of nitriles is 1. The molecule has 0 radical (unpaired) electrons. The zero-order valence-electron chi connectivity index (χ0n) is 6.37. The van der Waals surface area contributed by atoms with E-state index < -0.39 is 6.04 Å². The summed E-state index contributed by atoms with van der Waals surface area (Å²) in [7, 11) is 0. The molecule has 2 nitrogen and oxygen atoms in total. The van der Waals surface area contributed by atoms with Gasteiger partial charge in [-0.15, -0.1) is 0 Å². The number of nitrogens with zero attached hydrogens (tertiary/aromatic N) is 1. The maximum Gasteiger partial charge on any atom is 0.119 e. The van der Waals surface area contributed by atoms with E-state index in [1.165, 1.54) is 5.56 Å². The Morgan fingerprint density at radius 2 is 2.45 bits per heavy atom. The van der Waals surface area contributed by atoms with Gasteiger partial charge in [-0.1, -0.05) is 6.92 Å². The van der Waals surface area contributed by atoms with Gasteiger partial charge in [-0.25, -0.2) is 0 Å². The summed E-state index contributed by atoms with van der Waals surface area (Å²) >= 11 is 1.60. The Bertz CT molecular complexity index is 272. The van der Waals surface area contributed by atoms with Gasteiger partial charge < -0.3 is 5.73 Å². The Balaban J connectivity index is 2.94. The molecule has 1 rings (SSSR count). The van der Waals surface area contributed by atoms with Crippen LogP contribution in [0.1, 0.15) is 24.1 Å². The molecule has 11 heavy (non-hydrogen) atoms. The quantitative estimate of drug-likeness (QED) is 0.728. The SMILES string of the molecule is CCc1cscc1C(N)C#N. The number of hydrogen-bond donors (Lipinski definition) is 1. The van der Waals surface area contributed by atoms with Crippen LogP contribution in [0.5, 0.6) is 0 Å². The third kappa shape index (κ3) is 1.59. The summed E-state index contributed by atoms with van der Waals surface area (Å²) in [5, 5.41) is 12.6. The molecule has 0 amide bonds. The molecule has 0 aliphatic heterocycles. The van der Waals surface area contributed by atoms with E-state index in [1.54, 1.807) is 11.3 Å². The first-order valence-corrected chi connectivity index (χ1v) is 4.44. The molecule has 1 aromatic rings. The predicted octanol–water partition coefficient (Wildman–Crippen LogP) is 1.83. The molecule has 3 heteroatoms. The maximum atomic E-state index is 8.56. The smallest absolute Gasteiger partial charge is 0.119 e. The van der Waals surface area contributed by atoms with Crippen molar-refractivity contribution in [1.82, 2.24) is 0 Å². The van der Waals surface area contributed by atoms with Gasteiger partial charge in [-0.05, 0) is 28.3 Å². The fourth-order valence-electron chi connectivity index (χ4n) is 0.963. The standard InChI is InChI=1S/C8H10N2S/c1-2-6-4-11-5-7(6)8(10)3-9/h4-5,8H,2,10H2,1H3. The number of nitrogens with two attached hydrogens (primary N) is 1. The van der Waals surface area contributed by atoms with Crippen molar-refractivity contribution in [2.45, 2.75) is 19.4 Å². The summed E-state index contributed by atoms with van der Waals surface area (Å²) in [6.45, 7) is 2.07. The van der Waals surface area contributed by atoms with Crippen molar-refractivity contribution in [3.63, 3.8) is 0 Å². The largest absolute Gasteiger partial charge is 0.312 e. The monoisotopic (exact) mass is 166 g/mol. The van der Waals surface area contributed by atoms with Gasteiger partial charge in [0.1, 0.15) is 6.04 Å². The van der Waals surface area contributed by atoms with Crippen molar-refractivity contribution in [2.24, 2.45) is 5.73 Å². The molecule has 1 aromatic heterocycles. The molecule has 1 unspecified atom stereocenters. The molecule has 0 saturated carbocycles. The molecule has 0 aliphatic carbocycles. The van der Waals surface area contributed by atoms with Crippen molar-refractivity contribution in [1.29, 1.82) is 5.26 Å². The van der Waals surface area contributed by atoms with Crippen LogP contribution in [0, 0.1) is 11.3 Å². The van der Waals surface area contributed by atoms with Gasteiger partial charge in [0.05, 0.1) is 6.07 Å². The van der Waals surface area contributed by atoms with Gasteiger partial charge >= 0.3 is 0 Å². The molecular formula is C8H10N2S. The summed E-state index contributed by atoms with van der Waals surface area (Å²) in [5.41, 5.74) is 7.74. The van der Waals surface area contributed by atoms with E-state index in [0.717, 1.165) is 12.0 Å². The van der Waals surface area contributed by atoms with Gasteiger partial charge in [-0.3, -0.25) is 0 Å². The van der Waals surface area contributed by atoms with Crippen LogP contribution in [0.25, 0.3) is 0 Å². The fraction of sp³-hybridized carbons (Fsp3) is 0.375. The van der Waals surface area contributed by atoms with Gasteiger partial charge in [0.2, 0.25) is 0 Å². The highest BCUT2D eigenvalue weighted by molar-refractivity contribution is 7.08. The van der Waals surface area contributed by atoms with E-state index in [-0.39, 0.29) is 0 Å². The number of hydrogen-bond acceptors (Lipinski definition) is 3. The number of thiophene rings is 1. The lowest BCUT2D eigenvalue weighted by Crippen LogP contribution is -2.07. The first-order valence-electron chi connectivity index (χ1n) is 3.49. The minimum absolute atomic E-state index is 0.448. The second kappa shape index (κ2) is 3.51. The Morgan fingerprint density at radius 3 is 3.00 bits per heavy atom. The lowest BCUT2D eigenvalue weighted by atomic mass is 10.1. The molecule has 1 heterocycles. The highest BCUT2D eigenvalue weighted by atomic mass is 32.1. The van der Waals surface area contributed by atoms with Crippen LogP contribution < -0.4 is 5.73 Å². The molecule has 0 aliphatic rings. The summed E-state index contributed by atoms with van der Waals surface area (Å²) in [5.74, 6) is 0. The van der Waals surface area contributed by atoms with Crippen LogP contribution in [0.3, 0.4) is 0 Å². The van der Waals surface area contributed by atoms with Gasteiger partial charge in [0.25, 0.3) is 0 Å². The Hall–Kier alpha value is -0.850. The van der Waals surface area contributed by atoms with Gasteiger partial charge in [0.15, 0.2) is 0 Å². The third-order valence-corrected chi connectivity index (χ3v) is 2.44. The van der Waals surface area contributed by atoms with Crippen molar-refractivity contribution in [2.75, 3.05) is 0 Å². The Kier molecular flexibility index (Phi) is 2.64. The molecule has 0 bridgehead atoms. The van der Waals surface area contributed by atoms with Crippen LogP contribution in [-0.2, 0) is 6.42 Å². The van der Waals surface area contributed by atoms with Crippen LogP contribution >= 0.6 is 11.3 Å². The lowest BCUT2D eigenvalue weighted by molar-refractivity contribution is 0.906. The Morgan fingerprint density at radius 1 is 1.73 bits per heavy atom. The van der Waals surface area contributed by atoms with Crippen LogP contribution in [0.15, 0.2) is 10.8 Å². The predicted molar refractivity (Wildman–Crippen MR) is 46.2 cm³/mol. The Labute approximate surface area is 70.3 Å². The molecule has 1 atom stereocenters. The van der Waals surface area contributed by atoms with Gasteiger partial charge in [-0.2, -0.15) is 16.6 Å². The highest BCUT2D eigenvalue weighted by Gasteiger charge is 2.08. The average molecular weight is 166 g/mol. The van der Waals surface area contributed by atoms with Crippen molar-refractivity contribution >= 4 is 11.3 Å². The number of rotatable bonds is 2.